The summed E-state index contributed by atoms with van der Waals surface area (Å²) in [5, 5.41) is 18.6. The molecule has 0 aliphatic carbocycles. The van der Waals surface area contributed by atoms with E-state index in [1.165, 1.54) is 0 Å². The lowest BCUT2D eigenvalue weighted by molar-refractivity contribution is -0.116. The molecule has 3 aromatic carbocycles. The molecule has 0 radical (unpaired) electrons. The van der Waals surface area contributed by atoms with Crippen LogP contribution in [0.2, 0.25) is 0 Å². The molecule has 2 atom stereocenters. The first-order valence-electron chi connectivity index (χ1n) is 13.9. The molecule has 0 fully saturated rings. The Hall–Kier alpha value is -4.40. The lowest BCUT2D eigenvalue weighted by atomic mass is 10.00. The number of amides is 2. The largest absolute Gasteiger partial charge is 0.497 e. The molecule has 0 unspecified atom stereocenters. The minimum absolute atomic E-state index is 0.0346. The van der Waals surface area contributed by atoms with Crippen LogP contribution in [0.4, 0.5) is 5.69 Å². The minimum atomic E-state index is -0.851. The van der Waals surface area contributed by atoms with Gasteiger partial charge in [-0.15, -0.1) is 0 Å². The number of hydrogen-bond acceptors (Lipinski definition) is 5. The average molecular weight is 553 g/mol. The second-order valence-electron chi connectivity index (χ2n) is 10.2. The molecule has 1 aliphatic rings. The Bertz CT molecular complexity index is 1550. The molecule has 4 aromatic rings. The number of benzene rings is 3. The molecule has 2 amide bonds. The zero-order valence-corrected chi connectivity index (χ0v) is 23.4. The number of ether oxygens (including phenoxy) is 1. The molecule has 1 aliphatic heterocycles. The second kappa shape index (κ2) is 12.8. The van der Waals surface area contributed by atoms with E-state index in [1.54, 1.807) is 24.3 Å². The van der Waals surface area contributed by atoms with E-state index >= 15 is 0 Å². The van der Waals surface area contributed by atoms with E-state index in [9.17, 15) is 14.7 Å². The molecule has 1 aromatic heterocycles. The normalized spacial score (nSPS) is 14.4. The Balaban J connectivity index is 1.37. The first kappa shape index (κ1) is 28.1. The van der Waals surface area contributed by atoms with Crippen molar-refractivity contribution in [3.05, 3.63) is 108 Å². The summed E-state index contributed by atoms with van der Waals surface area (Å²) in [5.41, 5.74) is 4.03. The Labute approximate surface area is 240 Å². The molecule has 0 spiro atoms. The summed E-state index contributed by atoms with van der Waals surface area (Å²) in [6.45, 7) is 3.60. The molecule has 0 saturated heterocycles. The Kier molecular flexibility index (Phi) is 8.82. The summed E-state index contributed by atoms with van der Waals surface area (Å²) >= 11 is 0. The number of aliphatic hydroxyl groups excluding tert-OH is 1. The van der Waals surface area contributed by atoms with Gasteiger partial charge in [-0.05, 0) is 54.8 Å². The van der Waals surface area contributed by atoms with Crippen LogP contribution in [-0.2, 0) is 24.3 Å². The van der Waals surface area contributed by atoms with Crippen LogP contribution >= 0.6 is 0 Å². The highest BCUT2D eigenvalue weighted by Gasteiger charge is 2.25. The van der Waals surface area contributed by atoms with Crippen LogP contribution in [0.15, 0.2) is 91.3 Å². The number of aliphatic hydroxyl groups is 1. The number of hydrogen-bond donors (Lipinski definition) is 3. The summed E-state index contributed by atoms with van der Waals surface area (Å²) in [6, 6.07) is 22.6. The van der Waals surface area contributed by atoms with Gasteiger partial charge in [-0.1, -0.05) is 48.5 Å². The van der Waals surface area contributed by atoms with Gasteiger partial charge in [0.25, 0.3) is 5.91 Å². The second-order valence-corrected chi connectivity index (χ2v) is 10.2. The van der Waals surface area contributed by atoms with E-state index in [0.717, 1.165) is 34.3 Å². The molecule has 3 N–H and O–H groups in total. The van der Waals surface area contributed by atoms with Gasteiger partial charge in [0.05, 0.1) is 30.5 Å². The number of nitrogens with one attached hydrogen (secondary N) is 2. The summed E-state index contributed by atoms with van der Waals surface area (Å²) < 4.78 is 7.36. The van der Waals surface area contributed by atoms with Crippen molar-refractivity contribution in [1.29, 1.82) is 0 Å². The van der Waals surface area contributed by atoms with Crippen LogP contribution in [-0.4, -0.2) is 47.3 Å². The van der Waals surface area contributed by atoms with Crippen molar-refractivity contribution >= 4 is 28.4 Å². The van der Waals surface area contributed by atoms with Crippen LogP contribution in [0.1, 0.15) is 34.8 Å². The molecule has 41 heavy (non-hydrogen) atoms. The molecule has 8 heteroatoms. The van der Waals surface area contributed by atoms with Gasteiger partial charge in [0.15, 0.2) is 0 Å². The molecule has 2 heterocycles. The number of anilines is 1. The van der Waals surface area contributed by atoms with E-state index in [0.29, 0.717) is 30.6 Å². The number of methoxy groups -OCH3 is 1. The summed E-state index contributed by atoms with van der Waals surface area (Å²) in [5.74, 6) is 0.434. The third kappa shape index (κ3) is 6.51. The monoisotopic (exact) mass is 552 g/mol. The number of rotatable bonds is 12. The number of fused-ring (bicyclic) bond motifs is 1. The van der Waals surface area contributed by atoms with Crippen LogP contribution in [0.5, 0.6) is 5.75 Å². The molecule has 0 bridgehead atoms. The van der Waals surface area contributed by atoms with Crippen molar-refractivity contribution in [2.45, 2.75) is 45.0 Å². The van der Waals surface area contributed by atoms with Gasteiger partial charge in [0.2, 0.25) is 5.91 Å². The summed E-state index contributed by atoms with van der Waals surface area (Å²) in [4.78, 5) is 27.9. The molecule has 212 valence electrons. The maximum Gasteiger partial charge on any atom is 0.251 e. The highest BCUT2D eigenvalue weighted by atomic mass is 16.5. The van der Waals surface area contributed by atoms with Gasteiger partial charge >= 0.3 is 0 Å². The number of nitrogens with zero attached hydrogens (tertiary/aromatic N) is 2. The van der Waals surface area contributed by atoms with E-state index < -0.39 is 12.1 Å². The standard InChI is InChI=1S/C33H36N4O4/c1-3-36-16-14-27-29(36)19-25(20-30(27)37-15-8-13-32(37)39)33(40)35-28(18-23-9-5-4-6-10-23)31(38)22-34-21-24-11-7-12-26(17-24)41-2/h4-12,14-17,19-20,28,31,34,38H,3,13,18,21-22H2,1-2H3,(H,35,40)/t28-,31+/m0/s1. The van der Waals surface area contributed by atoms with Gasteiger partial charge in [-0.25, -0.2) is 0 Å². The first-order valence-corrected chi connectivity index (χ1v) is 13.9. The van der Waals surface area contributed by atoms with E-state index in [4.69, 9.17) is 4.74 Å². The Morgan fingerprint density at radius 2 is 1.85 bits per heavy atom. The van der Waals surface area contributed by atoms with Gasteiger partial charge in [-0.2, -0.15) is 0 Å². The van der Waals surface area contributed by atoms with Crippen molar-refractivity contribution in [3.8, 4) is 5.75 Å². The molecular weight excluding hydrogens is 516 g/mol. The predicted molar refractivity (Wildman–Crippen MR) is 161 cm³/mol. The van der Waals surface area contributed by atoms with Crippen molar-refractivity contribution in [2.75, 3.05) is 18.6 Å². The Morgan fingerprint density at radius 1 is 1.05 bits per heavy atom. The summed E-state index contributed by atoms with van der Waals surface area (Å²) in [6.07, 6.45) is 5.50. The molecular formula is C33H36N4O4. The number of carbonyl (C=O) groups is 2. The van der Waals surface area contributed by atoms with Crippen molar-refractivity contribution in [3.63, 3.8) is 0 Å². The highest BCUT2D eigenvalue weighted by Crippen LogP contribution is 2.32. The van der Waals surface area contributed by atoms with Gasteiger partial charge in [-0.3, -0.25) is 14.5 Å². The third-order valence-electron chi connectivity index (χ3n) is 7.44. The van der Waals surface area contributed by atoms with Crippen LogP contribution < -0.4 is 20.3 Å². The lowest BCUT2D eigenvalue weighted by Crippen LogP contribution is -2.48. The lowest BCUT2D eigenvalue weighted by Gasteiger charge is -2.25. The molecule has 0 saturated carbocycles. The quantitative estimate of drug-likeness (QED) is 0.242. The SMILES string of the molecule is CCn1ccc2c(N3C=CCC3=O)cc(C(=O)N[C@@H](Cc3ccccc3)[C@H](O)CNCc3cccc(OC)c3)cc21. The fourth-order valence-electron chi connectivity index (χ4n) is 5.23. The Morgan fingerprint density at radius 3 is 2.59 bits per heavy atom. The minimum Gasteiger partial charge on any atom is -0.497 e. The van der Waals surface area contributed by atoms with Crippen LogP contribution in [0.3, 0.4) is 0 Å². The fourth-order valence-corrected chi connectivity index (χ4v) is 5.23. The molecule has 5 rings (SSSR count). The van der Waals surface area contributed by atoms with Crippen molar-refractivity contribution in [2.24, 2.45) is 0 Å². The maximum atomic E-state index is 13.7. The van der Waals surface area contributed by atoms with E-state index in [2.05, 4.69) is 15.2 Å². The van der Waals surface area contributed by atoms with Crippen LogP contribution in [0, 0.1) is 0 Å². The van der Waals surface area contributed by atoms with Crippen LogP contribution in [0.25, 0.3) is 10.9 Å². The zero-order chi connectivity index (χ0) is 28.8. The fraction of sp³-hybridized carbons (Fsp3) is 0.273. The van der Waals surface area contributed by atoms with Crippen molar-refractivity contribution < 1.29 is 19.4 Å². The summed E-state index contributed by atoms with van der Waals surface area (Å²) in [7, 11) is 1.63. The third-order valence-corrected chi connectivity index (χ3v) is 7.44. The van der Waals surface area contributed by atoms with Crippen molar-refractivity contribution in [1.82, 2.24) is 15.2 Å². The zero-order valence-electron chi connectivity index (χ0n) is 23.4. The van der Waals surface area contributed by atoms with Gasteiger partial charge in [0.1, 0.15) is 5.75 Å². The van der Waals surface area contributed by atoms with Gasteiger partial charge in [0, 0.05) is 49.4 Å². The number of carbonyl (C=O) groups excluding carboxylic acids is 2. The van der Waals surface area contributed by atoms with Gasteiger partial charge < -0.3 is 25.0 Å². The highest BCUT2D eigenvalue weighted by molar-refractivity contribution is 6.09. The molecule has 8 nitrogen and oxygen atoms in total. The maximum absolute atomic E-state index is 13.7. The first-order chi connectivity index (χ1) is 20.0. The van der Waals surface area contributed by atoms with E-state index in [-0.39, 0.29) is 18.4 Å². The number of aryl methyl sites for hydroxylation is 1. The average Bonchev–Trinajstić information content (AvgIpc) is 3.62. The topological polar surface area (TPSA) is 95.8 Å². The van der Waals surface area contributed by atoms with E-state index in [1.807, 2.05) is 85.9 Å². The smallest absolute Gasteiger partial charge is 0.251 e. The predicted octanol–water partition coefficient (Wildman–Crippen LogP) is 4.41. The number of aromatic nitrogens is 1.